The van der Waals surface area contributed by atoms with Gasteiger partial charge in [-0.1, -0.05) is 71.7 Å². The number of halogens is 2. The Bertz CT molecular complexity index is 1530. The minimum absolute atomic E-state index is 0.130. The van der Waals surface area contributed by atoms with E-state index in [1.165, 1.54) is 23.5 Å². The molecular formula is C28H23Cl2N3O5S. The molecule has 4 aromatic rings. The van der Waals surface area contributed by atoms with Gasteiger partial charge in [-0.15, -0.1) is 11.3 Å². The zero-order valence-corrected chi connectivity index (χ0v) is 22.9. The molecule has 0 aliphatic heterocycles. The SMILES string of the molecule is CC(NC(=O)c1cc(Cl)c(C(=O)N[C@@H](CNC(=O)c2cccs2)C(=O)O)c(Cl)c1)c1cccc2ccccc12. The van der Waals surface area contributed by atoms with Crippen molar-refractivity contribution in [3.63, 3.8) is 0 Å². The molecule has 1 aromatic heterocycles. The Morgan fingerprint density at radius 3 is 2.23 bits per heavy atom. The van der Waals surface area contributed by atoms with E-state index in [0.717, 1.165) is 16.3 Å². The zero-order chi connectivity index (χ0) is 28.1. The summed E-state index contributed by atoms with van der Waals surface area (Å²) < 4.78 is 0. The molecule has 39 heavy (non-hydrogen) atoms. The fraction of sp³-hybridized carbons (Fsp3) is 0.143. The molecule has 2 atom stereocenters. The highest BCUT2D eigenvalue weighted by atomic mass is 35.5. The Labute approximate surface area is 237 Å². The number of carboxylic acid groups (broad SMARTS) is 1. The molecule has 3 amide bonds. The number of carbonyl (C=O) groups is 4. The van der Waals surface area contributed by atoms with Gasteiger partial charge >= 0.3 is 5.97 Å². The summed E-state index contributed by atoms with van der Waals surface area (Å²) >= 11 is 13.8. The lowest BCUT2D eigenvalue weighted by Crippen LogP contribution is -2.48. The maximum absolute atomic E-state index is 13.0. The first-order chi connectivity index (χ1) is 18.7. The number of fused-ring (bicyclic) bond motifs is 1. The van der Waals surface area contributed by atoms with Gasteiger partial charge in [0.1, 0.15) is 6.04 Å². The van der Waals surface area contributed by atoms with Gasteiger partial charge in [0.25, 0.3) is 17.7 Å². The van der Waals surface area contributed by atoms with Crippen LogP contribution in [0.4, 0.5) is 0 Å². The molecule has 0 fully saturated rings. The number of hydrogen-bond acceptors (Lipinski definition) is 5. The van der Waals surface area contributed by atoms with Crippen molar-refractivity contribution >= 4 is 69.0 Å². The number of thiophene rings is 1. The predicted octanol–water partition coefficient (Wildman–Crippen LogP) is 5.31. The number of carboxylic acids is 1. The summed E-state index contributed by atoms with van der Waals surface area (Å²) in [7, 11) is 0. The van der Waals surface area contributed by atoms with Gasteiger partial charge < -0.3 is 21.1 Å². The molecule has 0 radical (unpaired) electrons. The lowest BCUT2D eigenvalue weighted by molar-refractivity contribution is -0.139. The predicted molar refractivity (Wildman–Crippen MR) is 152 cm³/mol. The normalized spacial score (nSPS) is 12.4. The van der Waals surface area contributed by atoms with Crippen LogP contribution in [0.2, 0.25) is 10.0 Å². The summed E-state index contributed by atoms with van der Waals surface area (Å²) in [5.74, 6) is -3.14. The van der Waals surface area contributed by atoms with Crippen molar-refractivity contribution in [3.8, 4) is 0 Å². The van der Waals surface area contributed by atoms with E-state index in [1.807, 2.05) is 49.4 Å². The Morgan fingerprint density at radius 1 is 0.872 bits per heavy atom. The lowest BCUT2D eigenvalue weighted by atomic mass is 9.99. The van der Waals surface area contributed by atoms with E-state index >= 15 is 0 Å². The van der Waals surface area contributed by atoms with Crippen molar-refractivity contribution in [2.45, 2.75) is 19.0 Å². The van der Waals surface area contributed by atoms with Gasteiger partial charge in [0.15, 0.2) is 0 Å². The van der Waals surface area contributed by atoms with Crippen LogP contribution < -0.4 is 16.0 Å². The molecule has 0 saturated heterocycles. The molecule has 8 nitrogen and oxygen atoms in total. The van der Waals surface area contributed by atoms with Crippen molar-refractivity contribution in [2.24, 2.45) is 0 Å². The Balaban J connectivity index is 1.46. The number of benzene rings is 3. The van der Waals surface area contributed by atoms with Crippen LogP contribution in [0.3, 0.4) is 0 Å². The van der Waals surface area contributed by atoms with E-state index in [2.05, 4.69) is 16.0 Å². The average molecular weight is 584 g/mol. The highest BCUT2D eigenvalue weighted by Crippen LogP contribution is 2.28. The van der Waals surface area contributed by atoms with Crippen molar-refractivity contribution < 1.29 is 24.3 Å². The van der Waals surface area contributed by atoms with E-state index in [4.69, 9.17) is 23.2 Å². The van der Waals surface area contributed by atoms with Crippen LogP contribution in [0.25, 0.3) is 10.8 Å². The highest BCUT2D eigenvalue weighted by molar-refractivity contribution is 7.12. The van der Waals surface area contributed by atoms with E-state index in [-0.39, 0.29) is 33.8 Å². The molecule has 3 aromatic carbocycles. The third kappa shape index (κ3) is 6.57. The molecule has 0 aliphatic rings. The molecule has 1 unspecified atom stereocenters. The molecule has 0 bridgehead atoms. The third-order valence-electron chi connectivity index (χ3n) is 5.98. The molecule has 0 saturated carbocycles. The van der Waals surface area contributed by atoms with Gasteiger partial charge in [0.05, 0.1) is 26.5 Å². The summed E-state index contributed by atoms with van der Waals surface area (Å²) in [6.07, 6.45) is 0. The molecule has 0 spiro atoms. The van der Waals surface area contributed by atoms with E-state index in [9.17, 15) is 24.3 Å². The molecule has 11 heteroatoms. The molecular weight excluding hydrogens is 561 g/mol. The van der Waals surface area contributed by atoms with Gasteiger partial charge in [-0.25, -0.2) is 4.79 Å². The van der Waals surface area contributed by atoms with Crippen molar-refractivity contribution in [1.29, 1.82) is 0 Å². The van der Waals surface area contributed by atoms with Crippen molar-refractivity contribution in [1.82, 2.24) is 16.0 Å². The maximum Gasteiger partial charge on any atom is 0.328 e. The highest BCUT2D eigenvalue weighted by Gasteiger charge is 2.26. The summed E-state index contributed by atoms with van der Waals surface area (Å²) in [6.45, 7) is 1.49. The third-order valence-corrected chi connectivity index (χ3v) is 7.45. The van der Waals surface area contributed by atoms with Crippen LogP contribution in [0, 0.1) is 0 Å². The van der Waals surface area contributed by atoms with E-state index < -0.39 is 29.7 Å². The fourth-order valence-corrected chi connectivity index (χ4v) is 5.33. The summed E-state index contributed by atoms with van der Waals surface area (Å²) in [6, 6.07) is 17.8. The maximum atomic E-state index is 13.0. The molecule has 1 heterocycles. The lowest BCUT2D eigenvalue weighted by Gasteiger charge is -2.18. The standard InChI is InChI=1S/C28H23Cl2N3O5S/c1-15(18-9-4-7-16-6-2-3-8-19(16)18)32-25(34)17-12-20(29)24(21(30)13-17)27(36)33-22(28(37)38)14-31-26(35)23-10-5-11-39-23/h2-13,15,22H,14H2,1H3,(H,31,35)(H,32,34)(H,33,36)(H,37,38)/t15?,22-/m0/s1. The molecule has 200 valence electrons. The first-order valence-corrected chi connectivity index (χ1v) is 13.4. The van der Waals surface area contributed by atoms with E-state index in [0.29, 0.717) is 4.88 Å². The van der Waals surface area contributed by atoms with Crippen molar-refractivity contribution in [2.75, 3.05) is 6.54 Å². The topological polar surface area (TPSA) is 125 Å². The molecule has 0 aliphatic carbocycles. The molecule has 4 N–H and O–H groups in total. The van der Waals surface area contributed by atoms with Crippen LogP contribution in [-0.4, -0.2) is 41.4 Å². The van der Waals surface area contributed by atoms with Crippen LogP contribution in [0.1, 0.15) is 48.9 Å². The Kier molecular flexibility index (Phi) is 8.86. The summed E-state index contributed by atoms with van der Waals surface area (Å²) in [4.78, 5) is 50.1. The van der Waals surface area contributed by atoms with Gasteiger partial charge in [0, 0.05) is 12.1 Å². The number of nitrogens with one attached hydrogen (secondary N) is 3. The summed E-state index contributed by atoms with van der Waals surface area (Å²) in [5, 5.41) is 20.7. The minimum atomic E-state index is -1.45. The summed E-state index contributed by atoms with van der Waals surface area (Å²) in [5.41, 5.74) is 0.875. The van der Waals surface area contributed by atoms with Crippen LogP contribution in [0.15, 0.2) is 72.1 Å². The van der Waals surface area contributed by atoms with Gasteiger partial charge in [-0.3, -0.25) is 14.4 Å². The van der Waals surface area contributed by atoms with Crippen molar-refractivity contribution in [3.05, 3.63) is 104 Å². The average Bonchev–Trinajstić information content (AvgIpc) is 3.45. The quantitative estimate of drug-likeness (QED) is 0.212. The van der Waals surface area contributed by atoms with Gasteiger partial charge in [-0.05, 0) is 46.8 Å². The number of carbonyl (C=O) groups excluding carboxylic acids is 3. The monoisotopic (exact) mass is 583 g/mol. The van der Waals surface area contributed by atoms with Gasteiger partial charge in [0.2, 0.25) is 0 Å². The second kappa shape index (κ2) is 12.3. The van der Waals surface area contributed by atoms with Crippen LogP contribution in [-0.2, 0) is 4.79 Å². The fourth-order valence-electron chi connectivity index (χ4n) is 4.03. The number of hydrogen-bond donors (Lipinski definition) is 4. The van der Waals surface area contributed by atoms with Crippen LogP contribution >= 0.6 is 34.5 Å². The minimum Gasteiger partial charge on any atom is -0.480 e. The first kappa shape index (κ1) is 28.1. The van der Waals surface area contributed by atoms with E-state index in [1.54, 1.807) is 17.5 Å². The van der Waals surface area contributed by atoms with Gasteiger partial charge in [-0.2, -0.15) is 0 Å². The van der Waals surface area contributed by atoms with Crippen LogP contribution in [0.5, 0.6) is 0 Å². The smallest absolute Gasteiger partial charge is 0.328 e. The number of aliphatic carboxylic acids is 1. The first-order valence-electron chi connectivity index (χ1n) is 11.8. The molecule has 4 rings (SSSR count). The Morgan fingerprint density at radius 2 is 1.56 bits per heavy atom. The second-order valence-corrected chi connectivity index (χ2v) is 10.4. The Hall–Kier alpha value is -3.92. The zero-order valence-electron chi connectivity index (χ0n) is 20.5. The second-order valence-electron chi connectivity index (χ2n) is 8.63. The largest absolute Gasteiger partial charge is 0.480 e. The number of amides is 3. The number of rotatable bonds is 9.